The van der Waals surface area contributed by atoms with E-state index in [2.05, 4.69) is 20.6 Å². The highest BCUT2D eigenvalue weighted by Crippen LogP contribution is 2.07. The summed E-state index contributed by atoms with van der Waals surface area (Å²) in [6, 6.07) is 0. The molecule has 2 N–H and O–H groups in total. The summed E-state index contributed by atoms with van der Waals surface area (Å²) in [5.74, 6) is 0.869. The van der Waals surface area contributed by atoms with Gasteiger partial charge in [-0.1, -0.05) is 0 Å². The highest BCUT2D eigenvalue weighted by molar-refractivity contribution is 5.39. The lowest BCUT2D eigenvalue weighted by Crippen LogP contribution is -2.26. The molecule has 1 rings (SSSR count). The van der Waals surface area contributed by atoms with Gasteiger partial charge >= 0.3 is 0 Å². The molecule has 0 aliphatic carbocycles. The standard InChI is InChI=1S/C11H20N4O/c1-9-8-14-10(2)11(15-9)13-5-4-12-6-7-16-3/h8,12H,4-7H2,1-3H3,(H,13,15). The van der Waals surface area contributed by atoms with E-state index in [9.17, 15) is 0 Å². The lowest BCUT2D eigenvalue weighted by atomic mass is 10.4. The largest absolute Gasteiger partial charge is 0.383 e. The van der Waals surface area contributed by atoms with E-state index < -0.39 is 0 Å². The molecular formula is C11H20N4O. The van der Waals surface area contributed by atoms with Crippen LogP contribution in [0.3, 0.4) is 0 Å². The summed E-state index contributed by atoms with van der Waals surface area (Å²) in [5, 5.41) is 6.51. The summed E-state index contributed by atoms with van der Waals surface area (Å²) in [6.45, 7) is 7.22. The summed E-state index contributed by atoms with van der Waals surface area (Å²) in [6.07, 6.45) is 1.78. The fourth-order valence-corrected chi connectivity index (χ4v) is 1.27. The van der Waals surface area contributed by atoms with Gasteiger partial charge in [-0.2, -0.15) is 0 Å². The maximum Gasteiger partial charge on any atom is 0.147 e. The van der Waals surface area contributed by atoms with Gasteiger partial charge in [-0.3, -0.25) is 4.98 Å². The average molecular weight is 224 g/mol. The minimum Gasteiger partial charge on any atom is -0.383 e. The number of methoxy groups -OCH3 is 1. The minimum atomic E-state index is 0.739. The Balaban J connectivity index is 2.23. The van der Waals surface area contributed by atoms with E-state index in [1.54, 1.807) is 13.3 Å². The van der Waals surface area contributed by atoms with Gasteiger partial charge in [-0.15, -0.1) is 0 Å². The number of anilines is 1. The zero-order valence-electron chi connectivity index (χ0n) is 10.2. The zero-order chi connectivity index (χ0) is 11.8. The van der Waals surface area contributed by atoms with Crippen molar-refractivity contribution in [3.8, 4) is 0 Å². The molecule has 0 fully saturated rings. The van der Waals surface area contributed by atoms with Crippen LogP contribution in [0.1, 0.15) is 11.4 Å². The molecule has 5 heteroatoms. The van der Waals surface area contributed by atoms with Gasteiger partial charge in [0.05, 0.1) is 18.0 Å². The maximum atomic E-state index is 4.94. The van der Waals surface area contributed by atoms with Crippen LogP contribution in [0.25, 0.3) is 0 Å². The van der Waals surface area contributed by atoms with E-state index in [0.717, 1.165) is 43.4 Å². The summed E-state index contributed by atoms with van der Waals surface area (Å²) in [4.78, 5) is 8.62. The minimum absolute atomic E-state index is 0.739. The first-order chi connectivity index (χ1) is 7.74. The molecule has 0 radical (unpaired) electrons. The molecule has 16 heavy (non-hydrogen) atoms. The number of nitrogens with one attached hydrogen (secondary N) is 2. The first kappa shape index (κ1) is 12.9. The second-order valence-electron chi connectivity index (χ2n) is 3.61. The second kappa shape index (κ2) is 7.14. The summed E-state index contributed by atoms with van der Waals surface area (Å²) in [7, 11) is 1.70. The van der Waals surface area contributed by atoms with Crippen LogP contribution in [-0.4, -0.2) is 43.3 Å². The molecule has 90 valence electrons. The third-order valence-electron chi connectivity index (χ3n) is 2.15. The van der Waals surface area contributed by atoms with Crippen molar-refractivity contribution in [1.29, 1.82) is 0 Å². The summed E-state index contributed by atoms with van der Waals surface area (Å²) >= 11 is 0. The Bertz CT molecular complexity index is 317. The number of aryl methyl sites for hydroxylation is 2. The lowest BCUT2D eigenvalue weighted by Gasteiger charge is -2.09. The molecule has 0 atom stereocenters. The third kappa shape index (κ3) is 4.55. The van der Waals surface area contributed by atoms with Crippen LogP contribution < -0.4 is 10.6 Å². The van der Waals surface area contributed by atoms with Gasteiger partial charge in [0.25, 0.3) is 0 Å². The third-order valence-corrected chi connectivity index (χ3v) is 2.15. The molecule has 1 heterocycles. The van der Waals surface area contributed by atoms with Gasteiger partial charge < -0.3 is 15.4 Å². The highest BCUT2D eigenvalue weighted by atomic mass is 16.5. The van der Waals surface area contributed by atoms with Crippen LogP contribution in [-0.2, 0) is 4.74 Å². The Morgan fingerprint density at radius 1 is 1.25 bits per heavy atom. The molecule has 0 saturated carbocycles. The molecule has 1 aromatic rings. The van der Waals surface area contributed by atoms with Crippen molar-refractivity contribution < 1.29 is 4.74 Å². The Kier molecular flexibility index (Phi) is 5.74. The van der Waals surface area contributed by atoms with E-state index in [-0.39, 0.29) is 0 Å². The summed E-state index contributed by atoms with van der Waals surface area (Å²) < 4.78 is 4.94. The molecule has 0 saturated heterocycles. The monoisotopic (exact) mass is 224 g/mol. The zero-order valence-corrected chi connectivity index (χ0v) is 10.2. The second-order valence-corrected chi connectivity index (χ2v) is 3.61. The molecule has 0 spiro atoms. The number of hydrogen-bond acceptors (Lipinski definition) is 5. The van der Waals surface area contributed by atoms with E-state index in [0.29, 0.717) is 0 Å². The normalized spacial score (nSPS) is 10.4. The first-order valence-electron chi connectivity index (χ1n) is 5.48. The SMILES string of the molecule is COCCNCCNc1nc(C)cnc1C. The van der Waals surface area contributed by atoms with Crippen molar-refractivity contribution in [2.45, 2.75) is 13.8 Å². The maximum absolute atomic E-state index is 4.94. The number of aromatic nitrogens is 2. The Hall–Kier alpha value is -1.20. The summed E-state index contributed by atoms with van der Waals surface area (Å²) in [5.41, 5.74) is 1.86. The Morgan fingerprint density at radius 2 is 2.06 bits per heavy atom. The molecule has 0 bridgehead atoms. The van der Waals surface area contributed by atoms with Crippen LogP contribution in [0.2, 0.25) is 0 Å². The molecule has 0 aromatic carbocycles. The van der Waals surface area contributed by atoms with Crippen LogP contribution in [0, 0.1) is 13.8 Å². The predicted octanol–water partition coefficient (Wildman–Crippen LogP) is 0.741. The van der Waals surface area contributed by atoms with E-state index >= 15 is 0 Å². The molecule has 5 nitrogen and oxygen atoms in total. The molecule has 0 aliphatic heterocycles. The quantitative estimate of drug-likeness (QED) is 0.669. The van der Waals surface area contributed by atoms with Gasteiger partial charge in [-0.25, -0.2) is 4.98 Å². The Morgan fingerprint density at radius 3 is 2.81 bits per heavy atom. The Labute approximate surface area is 96.6 Å². The molecule has 1 aromatic heterocycles. The number of ether oxygens (including phenoxy) is 1. The van der Waals surface area contributed by atoms with Gasteiger partial charge in [0.2, 0.25) is 0 Å². The fraction of sp³-hybridized carbons (Fsp3) is 0.636. The smallest absolute Gasteiger partial charge is 0.147 e. The van der Waals surface area contributed by atoms with Gasteiger partial charge in [0.1, 0.15) is 5.82 Å². The number of hydrogen-bond donors (Lipinski definition) is 2. The number of nitrogens with zero attached hydrogens (tertiary/aromatic N) is 2. The van der Waals surface area contributed by atoms with Gasteiger partial charge in [0, 0.05) is 32.9 Å². The van der Waals surface area contributed by atoms with Crippen molar-refractivity contribution in [3.63, 3.8) is 0 Å². The van der Waals surface area contributed by atoms with Crippen LogP contribution in [0.4, 0.5) is 5.82 Å². The number of rotatable bonds is 7. The predicted molar refractivity (Wildman–Crippen MR) is 64.7 cm³/mol. The molecule has 0 unspecified atom stereocenters. The van der Waals surface area contributed by atoms with Crippen LogP contribution in [0.15, 0.2) is 6.20 Å². The van der Waals surface area contributed by atoms with Crippen molar-refractivity contribution in [3.05, 3.63) is 17.6 Å². The van der Waals surface area contributed by atoms with E-state index in [1.165, 1.54) is 0 Å². The fourth-order valence-electron chi connectivity index (χ4n) is 1.27. The van der Waals surface area contributed by atoms with Crippen molar-refractivity contribution in [1.82, 2.24) is 15.3 Å². The van der Waals surface area contributed by atoms with Crippen LogP contribution >= 0.6 is 0 Å². The molecular weight excluding hydrogens is 204 g/mol. The molecule has 0 aliphatic rings. The van der Waals surface area contributed by atoms with Crippen molar-refractivity contribution >= 4 is 5.82 Å². The van der Waals surface area contributed by atoms with Crippen molar-refractivity contribution in [2.24, 2.45) is 0 Å². The molecule has 0 amide bonds. The average Bonchev–Trinajstić information content (AvgIpc) is 2.28. The van der Waals surface area contributed by atoms with Gasteiger partial charge in [0.15, 0.2) is 0 Å². The lowest BCUT2D eigenvalue weighted by molar-refractivity contribution is 0.200. The van der Waals surface area contributed by atoms with Gasteiger partial charge in [-0.05, 0) is 13.8 Å². The highest BCUT2D eigenvalue weighted by Gasteiger charge is 1.99. The van der Waals surface area contributed by atoms with Crippen molar-refractivity contribution in [2.75, 3.05) is 38.7 Å². The van der Waals surface area contributed by atoms with E-state index in [1.807, 2.05) is 13.8 Å². The first-order valence-corrected chi connectivity index (χ1v) is 5.48. The van der Waals surface area contributed by atoms with Crippen LogP contribution in [0.5, 0.6) is 0 Å². The van der Waals surface area contributed by atoms with E-state index in [4.69, 9.17) is 4.74 Å². The topological polar surface area (TPSA) is 59.1 Å².